The Morgan fingerprint density at radius 2 is 2.19 bits per heavy atom. The van der Waals surface area contributed by atoms with E-state index in [-0.39, 0.29) is 0 Å². The van der Waals surface area contributed by atoms with E-state index in [1.165, 1.54) is 17.9 Å². The molecule has 0 aromatic heterocycles. The highest BCUT2D eigenvalue weighted by molar-refractivity contribution is 7.99. The third-order valence-electron chi connectivity index (χ3n) is 4.31. The molecule has 3 nitrogen and oxygen atoms in total. The van der Waals surface area contributed by atoms with Gasteiger partial charge in [0.1, 0.15) is 0 Å². The van der Waals surface area contributed by atoms with Gasteiger partial charge < -0.3 is 5.11 Å². The molecule has 0 aromatic carbocycles. The van der Waals surface area contributed by atoms with Crippen molar-refractivity contribution >= 4 is 17.7 Å². The molecule has 2 heterocycles. The normalized spacial score (nSPS) is 30.4. The average Bonchev–Trinajstić information content (AvgIpc) is 2.82. The number of nitrogens with zero attached hydrogens (tertiary/aromatic N) is 1. The van der Waals surface area contributed by atoms with Gasteiger partial charge in [0, 0.05) is 11.8 Å². The molecule has 2 aliphatic rings. The van der Waals surface area contributed by atoms with Crippen LogP contribution in [0.1, 0.15) is 32.6 Å². The molecule has 16 heavy (non-hydrogen) atoms. The van der Waals surface area contributed by atoms with Crippen LogP contribution in [-0.4, -0.2) is 46.6 Å². The second kappa shape index (κ2) is 4.96. The highest BCUT2D eigenvalue weighted by Gasteiger charge is 2.41. The first kappa shape index (κ1) is 12.2. The van der Waals surface area contributed by atoms with Crippen LogP contribution < -0.4 is 0 Å². The minimum Gasteiger partial charge on any atom is -0.481 e. The van der Waals surface area contributed by atoms with Gasteiger partial charge in [-0.2, -0.15) is 11.8 Å². The van der Waals surface area contributed by atoms with Crippen LogP contribution in [0.4, 0.5) is 0 Å². The van der Waals surface area contributed by atoms with E-state index in [1.54, 1.807) is 0 Å². The summed E-state index contributed by atoms with van der Waals surface area (Å²) in [5, 5.41) is 9.32. The van der Waals surface area contributed by atoms with E-state index in [9.17, 15) is 9.90 Å². The number of carbonyl (C=O) groups is 1. The molecule has 1 unspecified atom stereocenters. The minimum atomic E-state index is -0.588. The van der Waals surface area contributed by atoms with E-state index >= 15 is 0 Å². The second-order valence-corrected chi connectivity index (χ2v) is 6.14. The molecule has 2 aliphatic heterocycles. The van der Waals surface area contributed by atoms with Crippen LogP contribution in [0.25, 0.3) is 0 Å². The van der Waals surface area contributed by atoms with Crippen LogP contribution in [0.5, 0.6) is 0 Å². The zero-order chi connectivity index (χ0) is 11.6. The minimum absolute atomic E-state index is 0.428. The standard InChI is InChI=1S/C12H21NO2S/c1-2-12(11(14)15)4-6-13(7-5-12)10-3-8-16-9-10/h10H,2-9H2,1H3,(H,14,15). The SMILES string of the molecule is CCC1(C(=O)O)CCN(C2CCSC2)CC1. The zero-order valence-electron chi connectivity index (χ0n) is 9.95. The number of likely N-dealkylation sites (tertiary alicyclic amines) is 1. The Morgan fingerprint density at radius 1 is 1.50 bits per heavy atom. The number of piperidine rings is 1. The number of aliphatic carboxylic acids is 1. The Hall–Kier alpha value is -0.220. The number of carboxylic acids is 1. The maximum atomic E-state index is 11.3. The van der Waals surface area contributed by atoms with E-state index in [1.807, 2.05) is 18.7 Å². The lowest BCUT2D eigenvalue weighted by atomic mass is 9.76. The van der Waals surface area contributed by atoms with E-state index in [4.69, 9.17) is 0 Å². The van der Waals surface area contributed by atoms with Crippen molar-refractivity contribution in [2.24, 2.45) is 5.41 Å². The molecule has 0 radical (unpaired) electrons. The molecule has 4 heteroatoms. The summed E-state index contributed by atoms with van der Waals surface area (Å²) in [4.78, 5) is 13.8. The smallest absolute Gasteiger partial charge is 0.309 e. The molecule has 0 spiro atoms. The highest BCUT2D eigenvalue weighted by Crippen LogP contribution is 2.37. The first-order valence-electron chi connectivity index (χ1n) is 6.23. The van der Waals surface area contributed by atoms with Crippen molar-refractivity contribution in [1.29, 1.82) is 0 Å². The summed E-state index contributed by atoms with van der Waals surface area (Å²) in [6, 6.07) is 0.716. The second-order valence-electron chi connectivity index (χ2n) is 4.99. The van der Waals surface area contributed by atoms with Crippen molar-refractivity contribution in [3.63, 3.8) is 0 Å². The average molecular weight is 243 g/mol. The van der Waals surface area contributed by atoms with Gasteiger partial charge in [0.05, 0.1) is 5.41 Å². The molecule has 2 saturated heterocycles. The molecule has 2 rings (SSSR count). The van der Waals surface area contributed by atoms with E-state index in [0.29, 0.717) is 6.04 Å². The zero-order valence-corrected chi connectivity index (χ0v) is 10.8. The van der Waals surface area contributed by atoms with E-state index in [2.05, 4.69) is 4.90 Å². The molecule has 0 amide bonds. The van der Waals surface area contributed by atoms with Crippen LogP contribution in [0.3, 0.4) is 0 Å². The van der Waals surface area contributed by atoms with Crippen LogP contribution in [0.15, 0.2) is 0 Å². The molecule has 0 aromatic rings. The molecule has 92 valence electrons. The monoisotopic (exact) mass is 243 g/mol. The van der Waals surface area contributed by atoms with Gasteiger partial charge in [-0.1, -0.05) is 6.92 Å². The molecule has 1 N–H and O–H groups in total. The Labute approximate surface area is 102 Å². The Balaban J connectivity index is 1.92. The van der Waals surface area contributed by atoms with Gasteiger partial charge >= 0.3 is 5.97 Å². The summed E-state index contributed by atoms with van der Waals surface area (Å²) >= 11 is 2.03. The molecule has 0 bridgehead atoms. The van der Waals surface area contributed by atoms with Crippen LogP contribution in [0.2, 0.25) is 0 Å². The molecule has 0 saturated carbocycles. The maximum absolute atomic E-state index is 11.3. The summed E-state index contributed by atoms with van der Waals surface area (Å²) < 4.78 is 0. The number of rotatable bonds is 3. The van der Waals surface area contributed by atoms with Gasteiger partial charge in [0.2, 0.25) is 0 Å². The topological polar surface area (TPSA) is 40.5 Å². The number of carboxylic acid groups (broad SMARTS) is 1. The van der Waals surface area contributed by atoms with Gasteiger partial charge in [-0.05, 0) is 44.5 Å². The summed E-state index contributed by atoms with van der Waals surface area (Å²) in [6.07, 6.45) is 3.73. The van der Waals surface area contributed by atoms with Crippen LogP contribution in [0, 0.1) is 5.41 Å². The fourth-order valence-corrected chi connectivity index (χ4v) is 4.10. The lowest BCUT2D eigenvalue weighted by Crippen LogP contribution is -2.47. The van der Waals surface area contributed by atoms with Gasteiger partial charge in [0.25, 0.3) is 0 Å². The molecular weight excluding hydrogens is 222 g/mol. The number of hydrogen-bond acceptors (Lipinski definition) is 3. The fraction of sp³-hybridized carbons (Fsp3) is 0.917. The Kier molecular flexibility index (Phi) is 3.80. The van der Waals surface area contributed by atoms with Gasteiger partial charge in [0.15, 0.2) is 0 Å². The quantitative estimate of drug-likeness (QED) is 0.824. The largest absolute Gasteiger partial charge is 0.481 e. The molecule has 0 aliphatic carbocycles. The van der Waals surface area contributed by atoms with Crippen molar-refractivity contribution in [3.8, 4) is 0 Å². The lowest BCUT2D eigenvalue weighted by molar-refractivity contribution is -0.152. The third-order valence-corrected chi connectivity index (χ3v) is 5.45. The van der Waals surface area contributed by atoms with Crippen molar-refractivity contribution in [2.45, 2.75) is 38.6 Å². The summed E-state index contributed by atoms with van der Waals surface area (Å²) in [7, 11) is 0. The molecular formula is C12H21NO2S. The first-order chi connectivity index (χ1) is 7.68. The Morgan fingerprint density at radius 3 is 2.62 bits per heavy atom. The number of thioether (sulfide) groups is 1. The lowest BCUT2D eigenvalue weighted by Gasteiger charge is -2.40. The highest BCUT2D eigenvalue weighted by atomic mass is 32.2. The van der Waals surface area contributed by atoms with Crippen LogP contribution in [-0.2, 0) is 4.79 Å². The predicted octanol–water partition coefficient (Wildman–Crippen LogP) is 2.07. The first-order valence-corrected chi connectivity index (χ1v) is 7.38. The molecule has 1 atom stereocenters. The van der Waals surface area contributed by atoms with Crippen molar-refractivity contribution in [3.05, 3.63) is 0 Å². The predicted molar refractivity (Wildman–Crippen MR) is 66.9 cm³/mol. The van der Waals surface area contributed by atoms with Gasteiger partial charge in [-0.3, -0.25) is 9.69 Å². The van der Waals surface area contributed by atoms with E-state index in [0.717, 1.165) is 32.4 Å². The van der Waals surface area contributed by atoms with Crippen LogP contribution >= 0.6 is 11.8 Å². The summed E-state index contributed by atoms with van der Waals surface area (Å²) in [5.41, 5.74) is -0.428. The Bertz CT molecular complexity index is 256. The van der Waals surface area contributed by atoms with Crippen molar-refractivity contribution < 1.29 is 9.90 Å². The maximum Gasteiger partial charge on any atom is 0.309 e. The summed E-state index contributed by atoms with van der Waals surface area (Å²) in [5.74, 6) is 1.93. The van der Waals surface area contributed by atoms with Gasteiger partial charge in [-0.15, -0.1) is 0 Å². The fourth-order valence-electron chi connectivity index (χ4n) is 2.85. The van der Waals surface area contributed by atoms with Crippen molar-refractivity contribution in [2.75, 3.05) is 24.6 Å². The van der Waals surface area contributed by atoms with E-state index < -0.39 is 11.4 Å². The third kappa shape index (κ3) is 2.23. The van der Waals surface area contributed by atoms with Gasteiger partial charge in [-0.25, -0.2) is 0 Å². The number of hydrogen-bond donors (Lipinski definition) is 1. The van der Waals surface area contributed by atoms with Crippen molar-refractivity contribution in [1.82, 2.24) is 4.90 Å². The summed E-state index contributed by atoms with van der Waals surface area (Å²) in [6.45, 7) is 3.96. The molecule has 2 fully saturated rings.